The molecule has 1 saturated heterocycles. The standard InChI is InChI=1S/C17H26N2O3S/c1-17(2,3)11-13-7-4-5-9-15(13)16(20)19-10-6-8-14(12-19)23(18,21)22/h4-5,7,9,14H,6,8,10-12H2,1-3H3,(H2,18,21,22). The van der Waals surface area contributed by atoms with Crippen molar-refractivity contribution in [3.05, 3.63) is 35.4 Å². The zero-order valence-electron chi connectivity index (χ0n) is 14.1. The first-order valence-corrected chi connectivity index (χ1v) is 9.58. The Morgan fingerprint density at radius 3 is 2.57 bits per heavy atom. The molecule has 1 atom stereocenters. The monoisotopic (exact) mass is 338 g/mol. The molecule has 1 unspecified atom stereocenters. The molecule has 0 saturated carbocycles. The van der Waals surface area contributed by atoms with Crippen molar-refractivity contribution >= 4 is 15.9 Å². The first kappa shape index (κ1) is 17.9. The lowest BCUT2D eigenvalue weighted by molar-refractivity contribution is 0.0725. The number of hydrogen-bond donors (Lipinski definition) is 1. The maximum absolute atomic E-state index is 12.9. The van der Waals surface area contributed by atoms with E-state index in [0.29, 0.717) is 24.9 Å². The van der Waals surface area contributed by atoms with E-state index in [1.807, 2.05) is 24.3 Å². The quantitative estimate of drug-likeness (QED) is 0.917. The molecule has 1 amide bonds. The van der Waals surface area contributed by atoms with Gasteiger partial charge in [0.05, 0.1) is 5.25 Å². The summed E-state index contributed by atoms with van der Waals surface area (Å²) in [6, 6.07) is 7.57. The second kappa shape index (κ2) is 6.61. The molecule has 2 N–H and O–H groups in total. The van der Waals surface area contributed by atoms with Crippen LogP contribution in [0.2, 0.25) is 0 Å². The molecular weight excluding hydrogens is 312 g/mol. The molecule has 1 fully saturated rings. The molecule has 128 valence electrons. The fourth-order valence-electron chi connectivity index (χ4n) is 3.02. The van der Waals surface area contributed by atoms with Crippen LogP contribution in [0.4, 0.5) is 0 Å². The maximum Gasteiger partial charge on any atom is 0.254 e. The lowest BCUT2D eigenvalue weighted by Crippen LogP contribution is -2.47. The molecule has 0 aliphatic carbocycles. The summed E-state index contributed by atoms with van der Waals surface area (Å²) < 4.78 is 23.2. The number of likely N-dealkylation sites (tertiary alicyclic amines) is 1. The SMILES string of the molecule is CC(C)(C)Cc1ccccc1C(=O)N1CCCC(S(N)(=O)=O)C1. The first-order valence-electron chi connectivity index (χ1n) is 7.97. The molecular formula is C17H26N2O3S. The Bertz CT molecular complexity index is 677. The number of nitrogens with zero attached hydrogens (tertiary/aromatic N) is 1. The Hall–Kier alpha value is -1.40. The predicted molar refractivity (Wildman–Crippen MR) is 91.6 cm³/mol. The van der Waals surface area contributed by atoms with Crippen LogP contribution in [-0.2, 0) is 16.4 Å². The van der Waals surface area contributed by atoms with Gasteiger partial charge in [-0.25, -0.2) is 13.6 Å². The Kier molecular flexibility index (Phi) is 5.16. The summed E-state index contributed by atoms with van der Waals surface area (Å²) in [5.74, 6) is -0.0989. The Morgan fingerprint density at radius 2 is 1.96 bits per heavy atom. The number of hydrogen-bond acceptors (Lipinski definition) is 3. The Labute approximate surface area is 138 Å². The van der Waals surface area contributed by atoms with Gasteiger partial charge in [-0.1, -0.05) is 39.0 Å². The molecule has 1 aromatic carbocycles. The van der Waals surface area contributed by atoms with Gasteiger partial charge in [-0.05, 0) is 36.3 Å². The van der Waals surface area contributed by atoms with Crippen LogP contribution in [0.1, 0.15) is 49.5 Å². The van der Waals surface area contributed by atoms with Crippen LogP contribution in [0.15, 0.2) is 24.3 Å². The zero-order valence-corrected chi connectivity index (χ0v) is 14.9. The molecule has 1 heterocycles. The van der Waals surface area contributed by atoms with E-state index in [4.69, 9.17) is 5.14 Å². The van der Waals surface area contributed by atoms with Crippen molar-refractivity contribution in [3.8, 4) is 0 Å². The van der Waals surface area contributed by atoms with Gasteiger partial charge >= 0.3 is 0 Å². The van der Waals surface area contributed by atoms with E-state index in [-0.39, 0.29) is 17.9 Å². The van der Waals surface area contributed by atoms with Crippen molar-refractivity contribution in [3.63, 3.8) is 0 Å². The molecule has 6 heteroatoms. The second-order valence-corrected chi connectivity index (χ2v) is 9.34. The largest absolute Gasteiger partial charge is 0.337 e. The zero-order chi connectivity index (χ0) is 17.3. The number of amides is 1. The van der Waals surface area contributed by atoms with Crippen LogP contribution in [0.5, 0.6) is 0 Å². The van der Waals surface area contributed by atoms with Gasteiger partial charge in [-0.3, -0.25) is 4.79 Å². The predicted octanol–water partition coefficient (Wildman–Crippen LogP) is 2.17. The summed E-state index contributed by atoms with van der Waals surface area (Å²) in [5, 5.41) is 4.60. The Morgan fingerprint density at radius 1 is 1.30 bits per heavy atom. The van der Waals surface area contributed by atoms with Crippen molar-refractivity contribution < 1.29 is 13.2 Å². The van der Waals surface area contributed by atoms with E-state index in [9.17, 15) is 13.2 Å². The van der Waals surface area contributed by atoms with Crippen LogP contribution in [0.25, 0.3) is 0 Å². The third kappa shape index (κ3) is 4.78. The normalized spacial score (nSPS) is 19.7. The molecule has 5 nitrogen and oxygen atoms in total. The number of sulfonamides is 1. The van der Waals surface area contributed by atoms with Gasteiger partial charge in [0.1, 0.15) is 0 Å². The number of primary sulfonamides is 1. The number of benzene rings is 1. The van der Waals surface area contributed by atoms with Crippen LogP contribution < -0.4 is 5.14 Å². The molecule has 2 rings (SSSR count). The summed E-state index contributed by atoms with van der Waals surface area (Å²) in [7, 11) is -3.61. The average Bonchev–Trinajstić information content (AvgIpc) is 2.45. The number of nitrogens with two attached hydrogens (primary N) is 1. The van der Waals surface area contributed by atoms with Gasteiger partial charge in [0, 0.05) is 18.7 Å². The summed E-state index contributed by atoms with van der Waals surface area (Å²) >= 11 is 0. The van der Waals surface area contributed by atoms with Gasteiger partial charge in [0.2, 0.25) is 10.0 Å². The van der Waals surface area contributed by atoms with Gasteiger partial charge in [0.15, 0.2) is 0 Å². The van der Waals surface area contributed by atoms with Gasteiger partial charge in [-0.15, -0.1) is 0 Å². The third-order valence-corrected chi connectivity index (χ3v) is 5.41. The highest BCUT2D eigenvalue weighted by Gasteiger charge is 2.31. The molecule has 0 aromatic heterocycles. The molecule has 0 radical (unpaired) electrons. The van der Waals surface area contributed by atoms with Crippen molar-refractivity contribution in [2.45, 2.75) is 45.3 Å². The van der Waals surface area contributed by atoms with Crippen molar-refractivity contribution in [2.24, 2.45) is 10.6 Å². The molecule has 1 aromatic rings. The molecule has 0 spiro atoms. The van der Waals surface area contributed by atoms with E-state index in [0.717, 1.165) is 12.0 Å². The summed E-state index contributed by atoms with van der Waals surface area (Å²) in [4.78, 5) is 14.5. The van der Waals surface area contributed by atoms with Gasteiger partial charge in [-0.2, -0.15) is 0 Å². The minimum atomic E-state index is -3.61. The minimum absolute atomic E-state index is 0.0708. The van der Waals surface area contributed by atoms with Crippen LogP contribution in [0.3, 0.4) is 0 Å². The van der Waals surface area contributed by atoms with Crippen LogP contribution in [-0.4, -0.2) is 37.6 Å². The minimum Gasteiger partial charge on any atom is -0.337 e. The highest BCUT2D eigenvalue weighted by atomic mass is 32.2. The smallest absolute Gasteiger partial charge is 0.254 e. The summed E-state index contributed by atoms with van der Waals surface area (Å²) in [6.45, 7) is 7.15. The molecule has 1 aliphatic rings. The van der Waals surface area contributed by atoms with E-state index >= 15 is 0 Å². The number of carbonyl (C=O) groups excluding carboxylic acids is 1. The number of carbonyl (C=O) groups is 1. The van der Waals surface area contributed by atoms with E-state index in [1.165, 1.54) is 0 Å². The lowest BCUT2D eigenvalue weighted by atomic mass is 9.86. The summed E-state index contributed by atoms with van der Waals surface area (Å²) in [5.41, 5.74) is 1.74. The fraction of sp³-hybridized carbons (Fsp3) is 0.588. The highest BCUT2D eigenvalue weighted by molar-refractivity contribution is 7.89. The lowest BCUT2D eigenvalue weighted by Gasteiger charge is -2.32. The maximum atomic E-state index is 12.9. The van der Waals surface area contributed by atoms with E-state index < -0.39 is 15.3 Å². The van der Waals surface area contributed by atoms with Crippen molar-refractivity contribution in [1.82, 2.24) is 4.90 Å². The van der Waals surface area contributed by atoms with E-state index in [1.54, 1.807) is 4.90 Å². The van der Waals surface area contributed by atoms with Crippen LogP contribution >= 0.6 is 0 Å². The number of rotatable bonds is 3. The van der Waals surface area contributed by atoms with Gasteiger partial charge in [0.25, 0.3) is 5.91 Å². The molecule has 23 heavy (non-hydrogen) atoms. The third-order valence-electron chi connectivity index (χ3n) is 4.10. The fourth-order valence-corrected chi connectivity index (χ4v) is 3.90. The summed E-state index contributed by atoms with van der Waals surface area (Å²) in [6.07, 6.45) is 1.97. The average molecular weight is 338 g/mol. The van der Waals surface area contributed by atoms with Crippen molar-refractivity contribution in [2.75, 3.05) is 13.1 Å². The second-order valence-electron chi connectivity index (χ2n) is 7.50. The number of piperidine rings is 1. The van der Waals surface area contributed by atoms with Gasteiger partial charge < -0.3 is 4.90 Å². The first-order chi connectivity index (χ1) is 10.6. The molecule has 1 aliphatic heterocycles. The molecule has 0 bridgehead atoms. The van der Waals surface area contributed by atoms with E-state index in [2.05, 4.69) is 20.8 Å². The highest BCUT2D eigenvalue weighted by Crippen LogP contribution is 2.25. The Balaban J connectivity index is 2.24. The van der Waals surface area contributed by atoms with Crippen molar-refractivity contribution in [1.29, 1.82) is 0 Å². The van der Waals surface area contributed by atoms with Crippen LogP contribution in [0, 0.1) is 5.41 Å². The topological polar surface area (TPSA) is 80.5 Å².